The maximum atomic E-state index is 13.8. The highest BCUT2D eigenvalue weighted by molar-refractivity contribution is 6.30. The van der Waals surface area contributed by atoms with Crippen molar-refractivity contribution in [3.63, 3.8) is 0 Å². The first kappa shape index (κ1) is 21.8. The first-order valence-corrected chi connectivity index (χ1v) is 10.5. The summed E-state index contributed by atoms with van der Waals surface area (Å²) in [4.78, 5) is 5.44. The minimum atomic E-state index is -0.331. The Kier molecular flexibility index (Phi) is 6.37. The topological polar surface area (TPSA) is 26.5 Å². The molecule has 6 heteroatoms. The summed E-state index contributed by atoms with van der Waals surface area (Å²) in [7, 11) is 0. The summed E-state index contributed by atoms with van der Waals surface area (Å²) in [5, 5.41) is 4.83. The molecule has 0 atom stereocenters. The monoisotopic (exact) mass is 450 g/mol. The zero-order valence-electron chi connectivity index (χ0n) is 17.6. The van der Waals surface area contributed by atoms with Crippen molar-refractivity contribution >= 4 is 17.3 Å². The van der Waals surface area contributed by atoms with E-state index in [4.69, 9.17) is 16.4 Å². The Hall–Kier alpha value is -3.44. The maximum absolute atomic E-state index is 13.8. The molecule has 3 nitrogen and oxygen atoms in total. The van der Waals surface area contributed by atoms with Crippen molar-refractivity contribution in [2.24, 2.45) is 5.16 Å². The lowest BCUT2D eigenvalue weighted by Crippen LogP contribution is -2.03. The second-order valence-electron chi connectivity index (χ2n) is 7.39. The number of nitrogens with zero attached hydrogens (tertiary/aromatic N) is 2. The Bertz CT molecular complexity index is 1280. The van der Waals surface area contributed by atoms with Crippen LogP contribution in [0, 0.1) is 18.6 Å². The van der Waals surface area contributed by atoms with E-state index < -0.39 is 0 Å². The van der Waals surface area contributed by atoms with E-state index in [1.165, 1.54) is 18.2 Å². The standard InChI is InChI=1S/C26H21ClF2N2O/c1-17(30-32-16-20-6-3-4-9-25(20)29)24-15-26(19-10-12-22(28)13-11-19)31(18(24)2)23-8-5-7-21(27)14-23/h3-15H,16H2,1-2H3/b30-17-. The lowest BCUT2D eigenvalue weighted by Gasteiger charge is -2.13. The van der Waals surface area contributed by atoms with Crippen LogP contribution in [-0.4, -0.2) is 10.3 Å². The first-order chi connectivity index (χ1) is 15.4. The molecule has 0 N–H and O–H groups in total. The Morgan fingerprint density at radius 3 is 2.44 bits per heavy atom. The molecule has 1 heterocycles. The van der Waals surface area contributed by atoms with Gasteiger partial charge in [-0.25, -0.2) is 8.78 Å². The molecular weight excluding hydrogens is 430 g/mol. The minimum Gasteiger partial charge on any atom is -0.391 e. The van der Waals surface area contributed by atoms with Crippen molar-refractivity contribution in [2.75, 3.05) is 0 Å². The van der Waals surface area contributed by atoms with Gasteiger partial charge in [-0.15, -0.1) is 0 Å². The Morgan fingerprint density at radius 1 is 0.969 bits per heavy atom. The second kappa shape index (κ2) is 9.37. The SMILES string of the molecule is C/C(=N/OCc1ccccc1F)c1cc(-c2ccc(F)cc2)n(-c2cccc(Cl)c2)c1C. The molecule has 0 fully saturated rings. The van der Waals surface area contributed by atoms with Gasteiger partial charge in [0.15, 0.2) is 0 Å². The molecule has 0 bridgehead atoms. The molecule has 32 heavy (non-hydrogen) atoms. The zero-order valence-corrected chi connectivity index (χ0v) is 18.4. The summed E-state index contributed by atoms with van der Waals surface area (Å²) in [6, 6.07) is 22.2. The number of aromatic nitrogens is 1. The summed E-state index contributed by atoms with van der Waals surface area (Å²) < 4.78 is 29.4. The third kappa shape index (κ3) is 4.58. The predicted molar refractivity (Wildman–Crippen MR) is 124 cm³/mol. The normalized spacial score (nSPS) is 11.6. The molecule has 3 aromatic carbocycles. The largest absolute Gasteiger partial charge is 0.391 e. The molecule has 0 unspecified atom stereocenters. The van der Waals surface area contributed by atoms with E-state index in [2.05, 4.69) is 5.16 Å². The summed E-state index contributed by atoms with van der Waals surface area (Å²) in [5.41, 5.74) is 5.44. The molecule has 0 saturated heterocycles. The number of halogens is 3. The van der Waals surface area contributed by atoms with Gasteiger partial charge < -0.3 is 9.40 Å². The fourth-order valence-corrected chi connectivity index (χ4v) is 3.80. The first-order valence-electron chi connectivity index (χ1n) is 10.1. The van der Waals surface area contributed by atoms with Crippen molar-refractivity contribution in [3.8, 4) is 16.9 Å². The Balaban J connectivity index is 1.73. The molecule has 0 saturated carbocycles. The van der Waals surface area contributed by atoms with E-state index in [0.717, 1.165) is 28.2 Å². The van der Waals surface area contributed by atoms with Gasteiger partial charge >= 0.3 is 0 Å². The van der Waals surface area contributed by atoms with Crippen LogP contribution in [-0.2, 0) is 11.4 Å². The van der Waals surface area contributed by atoms with Crippen LogP contribution in [0.3, 0.4) is 0 Å². The van der Waals surface area contributed by atoms with Gasteiger partial charge in [-0.3, -0.25) is 0 Å². The van der Waals surface area contributed by atoms with Gasteiger partial charge in [0.2, 0.25) is 0 Å². The van der Waals surface area contributed by atoms with Crippen LogP contribution in [0.15, 0.2) is 84.0 Å². The fourth-order valence-electron chi connectivity index (χ4n) is 3.62. The summed E-state index contributed by atoms with van der Waals surface area (Å²) in [6.45, 7) is 3.84. The van der Waals surface area contributed by atoms with E-state index in [0.29, 0.717) is 16.3 Å². The number of hydrogen-bond acceptors (Lipinski definition) is 2. The highest BCUT2D eigenvalue weighted by atomic mass is 35.5. The van der Waals surface area contributed by atoms with E-state index in [1.54, 1.807) is 30.3 Å². The van der Waals surface area contributed by atoms with Crippen molar-refractivity contribution in [2.45, 2.75) is 20.5 Å². The van der Waals surface area contributed by atoms with Crippen LogP contribution < -0.4 is 0 Å². The molecule has 0 spiro atoms. The van der Waals surface area contributed by atoms with Gasteiger partial charge in [0.25, 0.3) is 0 Å². The zero-order chi connectivity index (χ0) is 22.7. The van der Waals surface area contributed by atoms with Crippen molar-refractivity contribution in [1.29, 1.82) is 0 Å². The van der Waals surface area contributed by atoms with Crippen LogP contribution in [0.2, 0.25) is 5.02 Å². The molecule has 162 valence electrons. The second-order valence-corrected chi connectivity index (χ2v) is 7.83. The van der Waals surface area contributed by atoms with Crippen molar-refractivity contribution < 1.29 is 13.6 Å². The maximum Gasteiger partial charge on any atom is 0.145 e. The number of hydrogen-bond donors (Lipinski definition) is 0. The minimum absolute atomic E-state index is 0.0306. The highest BCUT2D eigenvalue weighted by Crippen LogP contribution is 2.31. The molecular formula is C26H21ClF2N2O. The van der Waals surface area contributed by atoms with E-state index in [9.17, 15) is 8.78 Å². The Labute approximate surface area is 190 Å². The van der Waals surface area contributed by atoms with E-state index in [1.807, 2.05) is 48.7 Å². The molecule has 0 aliphatic heterocycles. The van der Waals surface area contributed by atoms with Crippen LogP contribution in [0.5, 0.6) is 0 Å². The predicted octanol–water partition coefficient (Wildman–Crippen LogP) is 7.33. The number of benzene rings is 3. The van der Waals surface area contributed by atoms with Gasteiger partial charge in [0.05, 0.1) is 11.4 Å². The highest BCUT2D eigenvalue weighted by Gasteiger charge is 2.17. The van der Waals surface area contributed by atoms with Crippen LogP contribution >= 0.6 is 11.6 Å². The van der Waals surface area contributed by atoms with Gasteiger partial charge in [-0.2, -0.15) is 0 Å². The third-order valence-electron chi connectivity index (χ3n) is 5.22. The average Bonchev–Trinajstić information content (AvgIpc) is 3.12. The molecule has 0 amide bonds. The summed E-state index contributed by atoms with van der Waals surface area (Å²) in [5.74, 6) is -0.631. The van der Waals surface area contributed by atoms with Crippen LogP contribution in [0.25, 0.3) is 16.9 Å². The van der Waals surface area contributed by atoms with Crippen LogP contribution in [0.4, 0.5) is 8.78 Å². The average molecular weight is 451 g/mol. The number of oxime groups is 1. The summed E-state index contributed by atoms with van der Waals surface area (Å²) in [6.07, 6.45) is 0. The molecule has 1 aromatic heterocycles. The van der Waals surface area contributed by atoms with Gasteiger partial charge in [-0.1, -0.05) is 41.0 Å². The van der Waals surface area contributed by atoms with Crippen molar-refractivity contribution in [3.05, 3.63) is 112 Å². The Morgan fingerprint density at radius 2 is 1.72 bits per heavy atom. The lowest BCUT2D eigenvalue weighted by molar-refractivity contribution is 0.128. The number of rotatable bonds is 6. The molecule has 0 aliphatic rings. The molecule has 4 rings (SSSR count). The van der Waals surface area contributed by atoms with Gasteiger partial charge in [0, 0.05) is 27.5 Å². The molecule has 0 aliphatic carbocycles. The lowest BCUT2D eigenvalue weighted by atomic mass is 10.1. The van der Waals surface area contributed by atoms with E-state index in [-0.39, 0.29) is 18.2 Å². The third-order valence-corrected chi connectivity index (χ3v) is 5.46. The van der Waals surface area contributed by atoms with Crippen LogP contribution in [0.1, 0.15) is 23.7 Å². The molecule has 0 radical (unpaired) electrons. The van der Waals surface area contributed by atoms with Gasteiger partial charge in [0.1, 0.15) is 18.2 Å². The smallest absolute Gasteiger partial charge is 0.145 e. The molecule has 4 aromatic rings. The quantitative estimate of drug-likeness (QED) is 0.223. The van der Waals surface area contributed by atoms with Gasteiger partial charge in [-0.05, 0) is 74.0 Å². The van der Waals surface area contributed by atoms with Crippen molar-refractivity contribution in [1.82, 2.24) is 4.57 Å². The fraction of sp³-hybridized carbons (Fsp3) is 0.115. The summed E-state index contributed by atoms with van der Waals surface area (Å²) >= 11 is 6.24. The van der Waals surface area contributed by atoms with E-state index >= 15 is 0 Å².